The fraction of sp³-hybridized carbons (Fsp3) is 0.308. The second-order valence-electron chi connectivity index (χ2n) is 8.06. The average molecular weight is 476 g/mol. The highest BCUT2D eigenvalue weighted by Crippen LogP contribution is 2.23. The zero-order valence-electron chi connectivity index (χ0n) is 20.6. The number of methoxy groups -OCH3 is 1. The summed E-state index contributed by atoms with van der Waals surface area (Å²) in [6.07, 6.45) is 1.48. The highest BCUT2D eigenvalue weighted by Gasteiger charge is 2.18. The zero-order valence-corrected chi connectivity index (χ0v) is 20.6. The van der Waals surface area contributed by atoms with Crippen molar-refractivity contribution in [1.82, 2.24) is 14.3 Å². The molecule has 1 amide bonds. The highest BCUT2D eigenvalue weighted by molar-refractivity contribution is 6.00. The fourth-order valence-electron chi connectivity index (χ4n) is 3.82. The molecule has 0 fully saturated rings. The van der Waals surface area contributed by atoms with E-state index in [1.165, 1.54) is 6.08 Å². The highest BCUT2D eigenvalue weighted by atomic mass is 16.5. The molecular formula is C26H29N5O4. The van der Waals surface area contributed by atoms with Gasteiger partial charge in [0.2, 0.25) is 0 Å². The van der Waals surface area contributed by atoms with Crippen molar-refractivity contribution < 1.29 is 19.1 Å². The van der Waals surface area contributed by atoms with Gasteiger partial charge in [0.15, 0.2) is 6.61 Å². The number of nitrogens with one attached hydrogen (secondary N) is 1. The van der Waals surface area contributed by atoms with E-state index < -0.39 is 18.5 Å². The van der Waals surface area contributed by atoms with Gasteiger partial charge in [-0.2, -0.15) is 10.4 Å². The Hall–Kier alpha value is -4.16. The predicted molar refractivity (Wildman–Crippen MR) is 132 cm³/mol. The largest absolute Gasteiger partial charge is 0.451 e. The van der Waals surface area contributed by atoms with E-state index in [0.29, 0.717) is 24.5 Å². The third kappa shape index (κ3) is 5.86. The van der Waals surface area contributed by atoms with Gasteiger partial charge in [-0.3, -0.25) is 4.79 Å². The summed E-state index contributed by atoms with van der Waals surface area (Å²) < 4.78 is 14.0. The van der Waals surface area contributed by atoms with Crippen LogP contribution in [0.15, 0.2) is 42.0 Å². The molecule has 9 nitrogen and oxygen atoms in total. The third-order valence-electron chi connectivity index (χ3n) is 5.66. The summed E-state index contributed by atoms with van der Waals surface area (Å²) in [5, 5.41) is 16.7. The molecule has 0 aliphatic rings. The molecule has 3 rings (SSSR count). The van der Waals surface area contributed by atoms with Crippen LogP contribution in [0.3, 0.4) is 0 Å². The van der Waals surface area contributed by atoms with Crippen molar-refractivity contribution in [2.24, 2.45) is 0 Å². The average Bonchev–Trinajstić information content (AvgIpc) is 3.28. The van der Waals surface area contributed by atoms with Crippen LogP contribution in [0.1, 0.15) is 28.3 Å². The lowest BCUT2D eigenvalue weighted by Gasteiger charge is -2.08. The second kappa shape index (κ2) is 11.3. The van der Waals surface area contributed by atoms with Gasteiger partial charge in [-0.05, 0) is 57.5 Å². The molecule has 1 aromatic carbocycles. The molecular weight excluding hydrogens is 446 g/mol. The van der Waals surface area contributed by atoms with Crippen molar-refractivity contribution in [3.05, 3.63) is 70.3 Å². The molecule has 1 N–H and O–H groups in total. The van der Waals surface area contributed by atoms with Gasteiger partial charge in [0.05, 0.1) is 29.4 Å². The molecule has 0 bridgehead atoms. The lowest BCUT2D eigenvalue weighted by Crippen LogP contribution is -2.22. The fourth-order valence-corrected chi connectivity index (χ4v) is 3.82. The lowest BCUT2D eigenvalue weighted by atomic mass is 10.1. The van der Waals surface area contributed by atoms with Crippen molar-refractivity contribution in [2.45, 2.75) is 34.2 Å². The lowest BCUT2D eigenvalue weighted by molar-refractivity contribution is -0.142. The molecule has 3 aromatic rings. The molecule has 0 spiro atoms. The van der Waals surface area contributed by atoms with E-state index in [4.69, 9.17) is 9.47 Å². The normalized spacial score (nSPS) is 11.3. The van der Waals surface area contributed by atoms with E-state index in [9.17, 15) is 14.9 Å². The van der Waals surface area contributed by atoms with Gasteiger partial charge >= 0.3 is 5.97 Å². The monoisotopic (exact) mass is 475 g/mol. The van der Waals surface area contributed by atoms with Crippen LogP contribution in [0.4, 0.5) is 5.69 Å². The molecule has 0 atom stereocenters. The van der Waals surface area contributed by atoms with E-state index in [-0.39, 0.29) is 5.57 Å². The first-order valence-electron chi connectivity index (χ1n) is 11.1. The van der Waals surface area contributed by atoms with Crippen LogP contribution < -0.4 is 5.32 Å². The van der Waals surface area contributed by atoms with Gasteiger partial charge < -0.3 is 19.4 Å². The minimum absolute atomic E-state index is 0.186. The predicted octanol–water partition coefficient (Wildman–Crippen LogP) is 3.64. The van der Waals surface area contributed by atoms with E-state index >= 15 is 0 Å². The quantitative estimate of drug-likeness (QED) is 0.287. The Bertz CT molecular complexity index is 1300. The van der Waals surface area contributed by atoms with E-state index in [1.54, 1.807) is 18.7 Å². The number of benzene rings is 1. The number of aryl methyl sites for hydroxylation is 2. The summed E-state index contributed by atoms with van der Waals surface area (Å²) >= 11 is 0. The summed E-state index contributed by atoms with van der Waals surface area (Å²) in [4.78, 5) is 25.0. The van der Waals surface area contributed by atoms with Gasteiger partial charge in [0, 0.05) is 25.0 Å². The molecule has 2 aromatic heterocycles. The number of anilines is 1. The maximum absolute atomic E-state index is 12.5. The Morgan fingerprint density at radius 3 is 2.51 bits per heavy atom. The first-order chi connectivity index (χ1) is 16.8. The van der Waals surface area contributed by atoms with Crippen LogP contribution in [0.2, 0.25) is 0 Å². The molecule has 182 valence electrons. The maximum atomic E-state index is 12.5. The molecule has 35 heavy (non-hydrogen) atoms. The number of carbonyl (C=O) groups is 2. The van der Waals surface area contributed by atoms with Gasteiger partial charge in [-0.25, -0.2) is 9.48 Å². The summed E-state index contributed by atoms with van der Waals surface area (Å²) in [6.45, 7) is 8.16. The number of ether oxygens (including phenoxy) is 2. The van der Waals surface area contributed by atoms with Crippen LogP contribution in [0.5, 0.6) is 0 Å². The summed E-state index contributed by atoms with van der Waals surface area (Å²) in [7, 11) is 1.63. The van der Waals surface area contributed by atoms with Gasteiger partial charge in [-0.1, -0.05) is 18.2 Å². The Balaban J connectivity index is 1.67. The Kier molecular flexibility index (Phi) is 8.23. The number of nitrogens with zero attached hydrogens (tertiary/aromatic N) is 4. The van der Waals surface area contributed by atoms with Crippen molar-refractivity contribution in [2.75, 3.05) is 25.6 Å². The Labute approximate surface area is 204 Å². The number of rotatable bonds is 9. The molecule has 0 radical (unpaired) electrons. The number of hydrogen-bond acceptors (Lipinski definition) is 6. The number of amides is 1. The van der Waals surface area contributed by atoms with Crippen molar-refractivity contribution in [3.8, 4) is 11.8 Å². The standard InChI is InChI=1S/C26H29N5O4/c1-17-13-21(19(3)30(17)11-12-34-5)14-22(15-27)26(33)35-16-24(32)28-25-18(2)29-31(20(25)4)23-9-7-6-8-10-23/h6-10,13-14H,11-12,16H2,1-5H3,(H,28,32)/b22-14+. The topological polar surface area (TPSA) is 111 Å². The second-order valence-corrected chi connectivity index (χ2v) is 8.06. The van der Waals surface area contributed by atoms with Gasteiger partial charge in [0.25, 0.3) is 5.91 Å². The smallest absolute Gasteiger partial charge is 0.349 e. The van der Waals surface area contributed by atoms with Crippen LogP contribution in [-0.4, -0.2) is 46.5 Å². The van der Waals surface area contributed by atoms with Crippen molar-refractivity contribution in [1.29, 1.82) is 5.26 Å². The summed E-state index contributed by atoms with van der Waals surface area (Å²) in [6, 6.07) is 13.3. The van der Waals surface area contributed by atoms with Crippen LogP contribution in [0.25, 0.3) is 11.8 Å². The van der Waals surface area contributed by atoms with Crippen molar-refractivity contribution in [3.63, 3.8) is 0 Å². The first kappa shape index (κ1) is 25.5. The molecule has 0 saturated carbocycles. The van der Waals surface area contributed by atoms with Crippen LogP contribution in [-0.2, 0) is 25.6 Å². The number of carbonyl (C=O) groups excluding carboxylic acids is 2. The van der Waals surface area contributed by atoms with E-state index in [1.807, 2.05) is 67.8 Å². The molecule has 0 unspecified atom stereocenters. The molecule has 0 saturated heterocycles. The molecule has 2 heterocycles. The number of para-hydroxylation sites is 1. The number of hydrogen-bond donors (Lipinski definition) is 1. The van der Waals surface area contributed by atoms with Gasteiger partial charge in [0.1, 0.15) is 11.6 Å². The molecule has 9 heteroatoms. The van der Waals surface area contributed by atoms with Crippen molar-refractivity contribution >= 4 is 23.6 Å². The van der Waals surface area contributed by atoms with E-state index in [2.05, 4.69) is 10.4 Å². The van der Waals surface area contributed by atoms with E-state index in [0.717, 1.165) is 28.3 Å². The molecule has 0 aliphatic heterocycles. The Morgan fingerprint density at radius 2 is 1.86 bits per heavy atom. The molecule has 0 aliphatic carbocycles. The first-order valence-corrected chi connectivity index (χ1v) is 11.1. The minimum Gasteiger partial charge on any atom is -0.451 e. The number of nitriles is 1. The zero-order chi connectivity index (χ0) is 25.5. The summed E-state index contributed by atoms with van der Waals surface area (Å²) in [5.41, 5.74) is 5.23. The third-order valence-corrected chi connectivity index (χ3v) is 5.66. The number of esters is 1. The minimum atomic E-state index is -0.863. The van der Waals surface area contributed by atoms with Crippen LogP contribution in [0, 0.1) is 39.0 Å². The number of aromatic nitrogens is 3. The van der Waals surface area contributed by atoms with Crippen LogP contribution >= 0.6 is 0 Å². The maximum Gasteiger partial charge on any atom is 0.349 e. The van der Waals surface area contributed by atoms with Gasteiger partial charge in [-0.15, -0.1) is 0 Å². The Morgan fingerprint density at radius 1 is 1.14 bits per heavy atom. The SMILES string of the molecule is COCCn1c(C)cc(/C=C(\C#N)C(=O)OCC(=O)Nc2c(C)nn(-c3ccccc3)c2C)c1C. The summed E-state index contributed by atoms with van der Waals surface area (Å²) in [5.74, 6) is -1.38.